The lowest BCUT2D eigenvalue weighted by Crippen LogP contribution is -2.56. The molecule has 7 nitrogen and oxygen atoms in total. The van der Waals surface area contributed by atoms with Gasteiger partial charge in [0.2, 0.25) is 5.91 Å². The van der Waals surface area contributed by atoms with Gasteiger partial charge in [-0.25, -0.2) is 9.97 Å². The molecule has 1 aliphatic rings. The van der Waals surface area contributed by atoms with Gasteiger partial charge in [0.05, 0.1) is 5.39 Å². The van der Waals surface area contributed by atoms with Gasteiger partial charge in [-0.3, -0.25) is 9.59 Å². The molecule has 2 amide bonds. The van der Waals surface area contributed by atoms with Gasteiger partial charge in [-0.1, -0.05) is 31.9 Å². The van der Waals surface area contributed by atoms with Crippen LogP contribution in [0.4, 0.5) is 5.82 Å². The van der Waals surface area contributed by atoms with Crippen LogP contribution in [-0.2, 0) is 4.79 Å². The molecule has 1 saturated heterocycles. The Labute approximate surface area is 196 Å². The number of nitrogens with zero attached hydrogens (tertiary/aromatic N) is 4. The summed E-state index contributed by atoms with van der Waals surface area (Å²) < 4.78 is 0. The maximum atomic E-state index is 13.4. The van der Waals surface area contributed by atoms with Crippen molar-refractivity contribution >= 4 is 50.8 Å². The maximum absolute atomic E-state index is 13.4. The van der Waals surface area contributed by atoms with Crippen molar-refractivity contribution in [2.45, 2.75) is 26.3 Å². The molecule has 2 unspecified atom stereocenters. The minimum atomic E-state index is -0.572. The molecular formula is C23H26ClN5O2S. The van der Waals surface area contributed by atoms with E-state index in [1.807, 2.05) is 30.2 Å². The van der Waals surface area contributed by atoms with Gasteiger partial charge in [-0.2, -0.15) is 0 Å². The first kappa shape index (κ1) is 22.5. The van der Waals surface area contributed by atoms with Crippen LogP contribution in [0.1, 0.15) is 30.6 Å². The summed E-state index contributed by atoms with van der Waals surface area (Å²) in [6.07, 6.45) is 2.38. The third-order valence-electron chi connectivity index (χ3n) is 6.00. The first-order valence-electron chi connectivity index (χ1n) is 10.8. The van der Waals surface area contributed by atoms with E-state index >= 15 is 0 Å². The molecule has 1 N–H and O–H groups in total. The van der Waals surface area contributed by atoms with Crippen LogP contribution in [0.2, 0.25) is 5.02 Å². The highest BCUT2D eigenvalue weighted by Crippen LogP contribution is 2.27. The molecule has 0 saturated carbocycles. The Morgan fingerprint density at radius 2 is 1.84 bits per heavy atom. The smallest absolute Gasteiger partial charge is 0.251 e. The highest BCUT2D eigenvalue weighted by Gasteiger charge is 2.32. The quantitative estimate of drug-likeness (QED) is 0.591. The Kier molecular flexibility index (Phi) is 6.91. The number of nitrogens with one attached hydrogen (secondary N) is 1. The zero-order chi connectivity index (χ0) is 22.7. The number of rotatable bonds is 6. The van der Waals surface area contributed by atoms with Crippen LogP contribution >= 0.6 is 22.9 Å². The molecule has 0 radical (unpaired) electrons. The largest absolute Gasteiger partial charge is 0.352 e. The lowest BCUT2D eigenvalue weighted by atomic mass is 9.97. The Morgan fingerprint density at radius 1 is 1.12 bits per heavy atom. The van der Waals surface area contributed by atoms with E-state index < -0.39 is 6.04 Å². The average Bonchev–Trinajstić information content (AvgIpc) is 3.31. The zero-order valence-corrected chi connectivity index (χ0v) is 19.7. The Balaban J connectivity index is 1.43. The highest BCUT2D eigenvalue weighted by atomic mass is 35.5. The molecule has 32 heavy (non-hydrogen) atoms. The summed E-state index contributed by atoms with van der Waals surface area (Å²) in [6.45, 7) is 6.56. The van der Waals surface area contributed by atoms with E-state index in [4.69, 9.17) is 11.6 Å². The second kappa shape index (κ2) is 9.83. The number of carbonyl (C=O) groups excluding carboxylic acids is 2. The van der Waals surface area contributed by atoms with Crippen molar-refractivity contribution in [3.8, 4) is 0 Å². The molecule has 1 aliphatic heterocycles. The fourth-order valence-corrected chi connectivity index (χ4v) is 4.73. The normalized spacial score (nSPS) is 16.1. The summed E-state index contributed by atoms with van der Waals surface area (Å²) in [6, 6.07) is 8.15. The van der Waals surface area contributed by atoms with Gasteiger partial charge in [0, 0.05) is 36.8 Å². The van der Waals surface area contributed by atoms with Gasteiger partial charge < -0.3 is 15.1 Å². The number of amides is 2. The van der Waals surface area contributed by atoms with Crippen molar-refractivity contribution in [1.29, 1.82) is 0 Å². The van der Waals surface area contributed by atoms with E-state index in [1.165, 1.54) is 0 Å². The van der Waals surface area contributed by atoms with Gasteiger partial charge in [0.25, 0.3) is 5.91 Å². The fraction of sp³-hybridized carbons (Fsp3) is 0.391. The van der Waals surface area contributed by atoms with E-state index in [0.29, 0.717) is 36.8 Å². The van der Waals surface area contributed by atoms with Crippen molar-refractivity contribution in [3.05, 3.63) is 52.6 Å². The van der Waals surface area contributed by atoms with Crippen LogP contribution in [0.5, 0.6) is 0 Å². The molecule has 0 spiro atoms. The monoisotopic (exact) mass is 471 g/mol. The highest BCUT2D eigenvalue weighted by molar-refractivity contribution is 7.16. The average molecular weight is 472 g/mol. The fourth-order valence-electron chi connectivity index (χ4n) is 3.87. The number of aromatic nitrogens is 2. The van der Waals surface area contributed by atoms with Crippen LogP contribution in [0, 0.1) is 5.92 Å². The minimum absolute atomic E-state index is 0.0177. The standard InChI is InChI=1S/C23H26ClN5O2S/c1-3-15(2)19(27-21(30)16-4-6-17(24)7-5-16)23(31)29-11-9-28(10-12-29)20-18-8-13-32-22(18)26-14-25-20/h4-8,13-15,19H,3,9-12H2,1-2H3,(H,27,30). The predicted octanol–water partition coefficient (Wildman–Crippen LogP) is 3.84. The number of piperazine rings is 1. The van der Waals surface area contributed by atoms with Gasteiger partial charge in [-0.15, -0.1) is 11.3 Å². The SMILES string of the molecule is CCC(C)C(NC(=O)c1ccc(Cl)cc1)C(=O)N1CCN(c2ncnc3sccc23)CC1. The molecule has 0 aliphatic carbocycles. The van der Waals surface area contributed by atoms with Crippen molar-refractivity contribution < 1.29 is 9.59 Å². The molecule has 2 aromatic heterocycles. The van der Waals surface area contributed by atoms with Crippen LogP contribution in [0.15, 0.2) is 42.0 Å². The van der Waals surface area contributed by atoms with Crippen LogP contribution in [0.3, 0.4) is 0 Å². The Morgan fingerprint density at radius 3 is 2.53 bits per heavy atom. The summed E-state index contributed by atoms with van der Waals surface area (Å²) in [5.41, 5.74) is 0.490. The molecule has 3 aromatic rings. The summed E-state index contributed by atoms with van der Waals surface area (Å²) in [7, 11) is 0. The first-order valence-corrected chi connectivity index (χ1v) is 12.0. The summed E-state index contributed by atoms with van der Waals surface area (Å²) in [5, 5.41) is 6.59. The van der Waals surface area contributed by atoms with Crippen LogP contribution in [0.25, 0.3) is 10.2 Å². The van der Waals surface area contributed by atoms with Crippen LogP contribution < -0.4 is 10.2 Å². The van der Waals surface area contributed by atoms with Gasteiger partial charge in [0.1, 0.15) is 23.0 Å². The number of benzene rings is 1. The number of halogens is 1. The van der Waals surface area contributed by atoms with Gasteiger partial charge in [0.15, 0.2) is 0 Å². The third-order valence-corrected chi connectivity index (χ3v) is 7.08. The van der Waals surface area contributed by atoms with Crippen molar-refractivity contribution in [2.24, 2.45) is 5.92 Å². The van der Waals surface area contributed by atoms with Crippen molar-refractivity contribution in [3.63, 3.8) is 0 Å². The van der Waals surface area contributed by atoms with Crippen LogP contribution in [-0.4, -0.2) is 58.9 Å². The van der Waals surface area contributed by atoms with E-state index in [0.717, 1.165) is 22.5 Å². The van der Waals surface area contributed by atoms with Gasteiger partial charge in [-0.05, 0) is 41.6 Å². The molecule has 0 bridgehead atoms. The van der Waals surface area contributed by atoms with Crippen molar-refractivity contribution in [1.82, 2.24) is 20.2 Å². The number of hydrogen-bond donors (Lipinski definition) is 1. The molecular weight excluding hydrogens is 446 g/mol. The van der Waals surface area contributed by atoms with E-state index in [-0.39, 0.29) is 17.7 Å². The topological polar surface area (TPSA) is 78.4 Å². The van der Waals surface area contributed by atoms with E-state index in [9.17, 15) is 9.59 Å². The second-order valence-electron chi connectivity index (χ2n) is 7.99. The first-order chi connectivity index (χ1) is 15.5. The summed E-state index contributed by atoms with van der Waals surface area (Å²) in [4.78, 5) is 40.0. The number of anilines is 1. The number of carbonyl (C=O) groups is 2. The van der Waals surface area contributed by atoms with E-state index in [2.05, 4.69) is 20.2 Å². The number of thiophene rings is 1. The molecule has 4 rings (SSSR count). The Bertz CT molecular complexity index is 1100. The Hall–Kier alpha value is -2.71. The molecule has 1 aromatic carbocycles. The molecule has 3 heterocycles. The zero-order valence-electron chi connectivity index (χ0n) is 18.1. The summed E-state index contributed by atoms with van der Waals surface area (Å²) >= 11 is 7.52. The minimum Gasteiger partial charge on any atom is -0.352 e. The number of hydrogen-bond acceptors (Lipinski definition) is 6. The van der Waals surface area contributed by atoms with E-state index in [1.54, 1.807) is 41.9 Å². The third kappa shape index (κ3) is 4.71. The predicted molar refractivity (Wildman–Crippen MR) is 128 cm³/mol. The molecule has 168 valence electrons. The summed E-state index contributed by atoms with van der Waals surface area (Å²) in [5.74, 6) is 0.631. The van der Waals surface area contributed by atoms with Gasteiger partial charge >= 0.3 is 0 Å². The molecule has 2 atom stereocenters. The molecule has 9 heteroatoms. The second-order valence-corrected chi connectivity index (χ2v) is 9.32. The van der Waals surface area contributed by atoms with Crippen molar-refractivity contribution in [2.75, 3.05) is 31.1 Å². The lowest BCUT2D eigenvalue weighted by Gasteiger charge is -2.38. The maximum Gasteiger partial charge on any atom is 0.251 e. The number of fused-ring (bicyclic) bond motifs is 1. The lowest BCUT2D eigenvalue weighted by molar-refractivity contribution is -0.134. The molecule has 1 fully saturated rings.